The Balaban J connectivity index is 2.07. The van der Waals surface area contributed by atoms with Crippen LogP contribution in [0, 0.1) is 6.92 Å². The van der Waals surface area contributed by atoms with E-state index in [1.54, 1.807) is 19.1 Å². The Kier molecular flexibility index (Phi) is 6.53. The molecule has 0 fully saturated rings. The quantitative estimate of drug-likeness (QED) is 0.575. The van der Waals surface area contributed by atoms with Crippen molar-refractivity contribution in [3.8, 4) is 11.5 Å². The van der Waals surface area contributed by atoms with Crippen LogP contribution in [-0.4, -0.2) is 21.8 Å². The van der Waals surface area contributed by atoms with Crippen molar-refractivity contribution in [2.75, 3.05) is 0 Å². The fraction of sp³-hybridized carbons (Fsp3) is 0.435. The molecule has 2 N–H and O–H groups in total. The summed E-state index contributed by atoms with van der Waals surface area (Å²) in [6.07, 6.45) is 12.0. The van der Waals surface area contributed by atoms with Gasteiger partial charge in [-0.3, -0.25) is 0 Å². The van der Waals surface area contributed by atoms with E-state index in [-0.39, 0.29) is 11.3 Å². The molecule has 0 saturated heterocycles. The van der Waals surface area contributed by atoms with Gasteiger partial charge < -0.3 is 14.9 Å². The maximum atomic E-state index is 11.3. The molecule has 1 atom stereocenters. The van der Waals surface area contributed by atoms with Crippen molar-refractivity contribution in [3.05, 3.63) is 52.1 Å². The van der Waals surface area contributed by atoms with Crippen molar-refractivity contribution in [2.45, 2.75) is 65.9 Å². The van der Waals surface area contributed by atoms with Crippen LogP contribution in [0.4, 0.5) is 0 Å². The molecule has 1 aromatic carbocycles. The Morgan fingerprint density at radius 2 is 1.93 bits per heavy atom. The maximum absolute atomic E-state index is 11.3. The van der Waals surface area contributed by atoms with Crippen molar-refractivity contribution >= 4 is 12.0 Å². The van der Waals surface area contributed by atoms with Crippen LogP contribution in [0.2, 0.25) is 0 Å². The molecule has 146 valence electrons. The molecule has 0 aliphatic carbocycles. The molecule has 1 aliphatic rings. The Labute approximate surface area is 161 Å². The lowest BCUT2D eigenvalue weighted by Gasteiger charge is -2.32. The summed E-state index contributed by atoms with van der Waals surface area (Å²) in [4.78, 5) is 11.3. The van der Waals surface area contributed by atoms with Gasteiger partial charge in [-0.1, -0.05) is 23.3 Å². The van der Waals surface area contributed by atoms with Crippen molar-refractivity contribution in [3.63, 3.8) is 0 Å². The van der Waals surface area contributed by atoms with Crippen LogP contribution in [0.15, 0.2) is 35.4 Å². The molecule has 1 aromatic rings. The Hall–Kier alpha value is -2.49. The third-order valence-corrected chi connectivity index (χ3v) is 4.88. The van der Waals surface area contributed by atoms with Gasteiger partial charge >= 0.3 is 5.97 Å². The van der Waals surface area contributed by atoms with Gasteiger partial charge in [0.25, 0.3) is 0 Å². The van der Waals surface area contributed by atoms with Crippen LogP contribution in [0.3, 0.4) is 0 Å². The van der Waals surface area contributed by atoms with E-state index in [2.05, 4.69) is 32.9 Å². The van der Waals surface area contributed by atoms with Gasteiger partial charge in [-0.25, -0.2) is 4.79 Å². The Morgan fingerprint density at radius 1 is 1.22 bits per heavy atom. The van der Waals surface area contributed by atoms with Crippen molar-refractivity contribution < 1.29 is 19.7 Å². The molecule has 0 radical (unpaired) electrons. The fourth-order valence-electron chi connectivity index (χ4n) is 3.28. The molecule has 4 heteroatoms. The molecule has 0 aromatic heterocycles. The Morgan fingerprint density at radius 3 is 2.56 bits per heavy atom. The number of fused-ring (bicyclic) bond motifs is 1. The average Bonchev–Trinajstić information content (AvgIpc) is 2.53. The molecular weight excluding hydrogens is 340 g/mol. The van der Waals surface area contributed by atoms with Gasteiger partial charge in [0.15, 0.2) is 0 Å². The lowest BCUT2D eigenvalue weighted by molar-refractivity contribution is 0.0692. The van der Waals surface area contributed by atoms with Gasteiger partial charge in [0.2, 0.25) is 0 Å². The Bertz CT molecular complexity index is 810. The summed E-state index contributed by atoms with van der Waals surface area (Å²) in [5, 5.41) is 19.6. The first-order chi connectivity index (χ1) is 12.6. The van der Waals surface area contributed by atoms with Gasteiger partial charge in [0.1, 0.15) is 22.7 Å². The highest BCUT2D eigenvalue weighted by Gasteiger charge is 2.30. The third kappa shape index (κ3) is 5.25. The maximum Gasteiger partial charge on any atom is 0.339 e. The second kappa shape index (κ2) is 8.47. The summed E-state index contributed by atoms with van der Waals surface area (Å²) in [6, 6.07) is 1.70. The first-order valence-electron chi connectivity index (χ1n) is 9.40. The van der Waals surface area contributed by atoms with Gasteiger partial charge in [-0.05, 0) is 84.1 Å². The number of phenols is 1. The zero-order chi connectivity index (χ0) is 20.2. The highest BCUT2D eigenvalue weighted by Crippen LogP contribution is 2.41. The van der Waals surface area contributed by atoms with Gasteiger partial charge in [-0.15, -0.1) is 0 Å². The largest absolute Gasteiger partial charge is 0.506 e. The number of hydrogen-bond donors (Lipinski definition) is 2. The summed E-state index contributed by atoms with van der Waals surface area (Å²) >= 11 is 0. The summed E-state index contributed by atoms with van der Waals surface area (Å²) in [5.74, 6) is -0.835. The lowest BCUT2D eigenvalue weighted by atomic mass is 9.92. The third-order valence-electron chi connectivity index (χ3n) is 4.88. The van der Waals surface area contributed by atoms with E-state index in [1.807, 2.05) is 13.0 Å². The van der Waals surface area contributed by atoms with E-state index in [0.29, 0.717) is 16.9 Å². The van der Waals surface area contributed by atoms with Gasteiger partial charge in [0, 0.05) is 0 Å². The summed E-state index contributed by atoms with van der Waals surface area (Å²) in [6.45, 7) is 10.1. The minimum atomic E-state index is -1.14. The molecule has 0 spiro atoms. The molecule has 2 rings (SSSR count). The molecule has 0 amide bonds. The molecule has 1 aliphatic heterocycles. The normalized spacial score (nSPS) is 18.6. The van der Waals surface area contributed by atoms with Crippen molar-refractivity contribution in [1.29, 1.82) is 0 Å². The number of hydrogen-bond acceptors (Lipinski definition) is 3. The standard InChI is InChI=1S/C23H30O4/c1-15(2)8-6-9-16(3)10-7-12-23(5)13-11-18-19(27-23)14-17(4)20(21(18)24)22(25)26/h8,10-11,13-14,24H,6-7,9,12H2,1-5H3,(H,25,26)/b16-10+/t23-/m1/s1. The molecule has 0 saturated carbocycles. The van der Waals surface area contributed by atoms with Crippen LogP contribution in [0.1, 0.15) is 74.9 Å². The zero-order valence-electron chi connectivity index (χ0n) is 16.9. The summed E-state index contributed by atoms with van der Waals surface area (Å²) in [5.41, 5.74) is 3.10. The van der Waals surface area contributed by atoms with E-state index in [0.717, 1.165) is 25.7 Å². The minimum Gasteiger partial charge on any atom is -0.506 e. The van der Waals surface area contributed by atoms with Gasteiger partial charge in [0.05, 0.1) is 5.56 Å². The fourth-order valence-corrected chi connectivity index (χ4v) is 3.28. The number of aryl methyl sites for hydroxylation is 1. The SMILES string of the molecule is CC(C)=CCC/C(C)=C/CC[C@]1(C)C=Cc2c(cc(C)c(C(=O)O)c2O)O1. The van der Waals surface area contributed by atoms with Crippen LogP contribution in [-0.2, 0) is 0 Å². The number of benzene rings is 1. The van der Waals surface area contributed by atoms with Gasteiger partial charge in [-0.2, -0.15) is 0 Å². The number of aromatic carboxylic acids is 1. The molecule has 4 nitrogen and oxygen atoms in total. The zero-order valence-corrected chi connectivity index (χ0v) is 16.9. The second-order valence-corrected chi connectivity index (χ2v) is 7.79. The topological polar surface area (TPSA) is 66.8 Å². The van der Waals surface area contributed by atoms with Crippen LogP contribution in [0.25, 0.3) is 6.08 Å². The minimum absolute atomic E-state index is 0.0690. The smallest absolute Gasteiger partial charge is 0.339 e. The van der Waals surface area contributed by atoms with Crippen LogP contribution in [0.5, 0.6) is 11.5 Å². The number of ether oxygens (including phenoxy) is 1. The van der Waals surface area contributed by atoms with Crippen molar-refractivity contribution in [1.82, 2.24) is 0 Å². The van der Waals surface area contributed by atoms with Crippen molar-refractivity contribution in [2.24, 2.45) is 0 Å². The molecule has 1 heterocycles. The molecular formula is C23H30O4. The van der Waals surface area contributed by atoms with E-state index < -0.39 is 11.6 Å². The lowest BCUT2D eigenvalue weighted by Crippen LogP contribution is -2.31. The predicted octanol–water partition coefficient (Wildman–Crippen LogP) is 6.04. The first kappa shape index (κ1) is 20.8. The highest BCUT2D eigenvalue weighted by atomic mass is 16.5. The highest BCUT2D eigenvalue weighted by molar-refractivity contribution is 5.95. The molecule has 0 bridgehead atoms. The van der Waals surface area contributed by atoms with E-state index in [9.17, 15) is 15.0 Å². The number of carbonyl (C=O) groups is 1. The molecule has 27 heavy (non-hydrogen) atoms. The number of carboxylic acids is 1. The number of allylic oxidation sites excluding steroid dienone is 4. The summed E-state index contributed by atoms with van der Waals surface area (Å²) in [7, 11) is 0. The monoisotopic (exact) mass is 370 g/mol. The van der Waals surface area contributed by atoms with Crippen LogP contribution < -0.4 is 4.74 Å². The van der Waals surface area contributed by atoms with E-state index in [4.69, 9.17) is 4.74 Å². The first-order valence-corrected chi connectivity index (χ1v) is 9.40. The number of carboxylic acid groups (broad SMARTS) is 1. The van der Waals surface area contributed by atoms with E-state index >= 15 is 0 Å². The average molecular weight is 370 g/mol. The molecule has 0 unspecified atom stereocenters. The number of aromatic hydroxyl groups is 1. The van der Waals surface area contributed by atoms with Crippen LogP contribution >= 0.6 is 0 Å². The predicted molar refractivity (Wildman–Crippen MR) is 110 cm³/mol. The second-order valence-electron chi connectivity index (χ2n) is 7.79. The number of rotatable bonds is 7. The summed E-state index contributed by atoms with van der Waals surface area (Å²) < 4.78 is 6.13. The van der Waals surface area contributed by atoms with E-state index in [1.165, 1.54) is 11.1 Å².